The first-order chi connectivity index (χ1) is 14.1. The van der Waals surface area contributed by atoms with Crippen molar-refractivity contribution in [2.75, 3.05) is 0 Å². The van der Waals surface area contributed by atoms with Crippen molar-refractivity contribution in [3.05, 3.63) is 101 Å². The summed E-state index contributed by atoms with van der Waals surface area (Å²) < 4.78 is 2.28. The third kappa shape index (κ3) is 3.94. The Morgan fingerprint density at radius 1 is 1.03 bits per heavy atom. The zero-order valence-electron chi connectivity index (χ0n) is 16.5. The smallest absolute Gasteiger partial charge is 0.272 e. The van der Waals surface area contributed by atoms with Crippen molar-refractivity contribution in [2.45, 2.75) is 20.4 Å². The number of amides is 1. The van der Waals surface area contributed by atoms with Crippen LogP contribution in [0.25, 0.3) is 10.9 Å². The molecule has 0 atom stereocenters. The number of rotatable bonds is 5. The van der Waals surface area contributed by atoms with Gasteiger partial charge in [0.05, 0.1) is 11.8 Å². The van der Waals surface area contributed by atoms with Gasteiger partial charge in [-0.2, -0.15) is 5.10 Å². The molecule has 2 aromatic carbocycles. The quantitative estimate of drug-likeness (QED) is 0.409. The number of aryl methyl sites for hydroxylation is 1. The SMILES string of the molecule is Cc1ccc(C(=O)N/N=C\c2c(C)n(Cc3ccccc3)c3ccccc23)cn1. The summed E-state index contributed by atoms with van der Waals surface area (Å²) in [6.07, 6.45) is 3.27. The fraction of sp³-hybridized carbons (Fsp3) is 0.125. The molecule has 1 N–H and O–H groups in total. The molecule has 5 nitrogen and oxygen atoms in total. The van der Waals surface area contributed by atoms with E-state index in [2.05, 4.69) is 51.3 Å². The topological polar surface area (TPSA) is 59.3 Å². The van der Waals surface area contributed by atoms with Crippen LogP contribution in [0, 0.1) is 13.8 Å². The van der Waals surface area contributed by atoms with E-state index in [-0.39, 0.29) is 5.91 Å². The van der Waals surface area contributed by atoms with Crippen molar-refractivity contribution in [2.24, 2.45) is 5.10 Å². The van der Waals surface area contributed by atoms with E-state index in [0.717, 1.165) is 34.4 Å². The normalized spacial score (nSPS) is 11.2. The maximum absolute atomic E-state index is 12.3. The molecule has 1 amide bonds. The molecule has 0 radical (unpaired) electrons. The average molecular weight is 382 g/mol. The summed E-state index contributed by atoms with van der Waals surface area (Å²) in [6, 6.07) is 22.2. The van der Waals surface area contributed by atoms with Crippen LogP contribution in [0.15, 0.2) is 78.0 Å². The highest BCUT2D eigenvalue weighted by molar-refractivity contribution is 6.02. The number of nitrogens with one attached hydrogen (secondary N) is 1. The minimum Gasteiger partial charge on any atom is -0.340 e. The zero-order valence-corrected chi connectivity index (χ0v) is 16.5. The highest BCUT2D eigenvalue weighted by atomic mass is 16.2. The molecule has 0 bridgehead atoms. The summed E-state index contributed by atoms with van der Waals surface area (Å²) in [7, 11) is 0. The standard InChI is InChI=1S/C24H22N4O/c1-17-12-13-20(14-25-17)24(29)27-26-15-22-18(2)28(16-19-8-4-3-5-9-19)23-11-7-6-10-21(22)23/h3-15H,16H2,1-2H3,(H,27,29)/b26-15-. The van der Waals surface area contributed by atoms with E-state index in [1.165, 1.54) is 5.56 Å². The molecule has 2 heterocycles. The van der Waals surface area contributed by atoms with Gasteiger partial charge in [-0.15, -0.1) is 0 Å². The predicted molar refractivity (Wildman–Crippen MR) is 116 cm³/mol. The lowest BCUT2D eigenvalue weighted by molar-refractivity contribution is 0.0955. The van der Waals surface area contributed by atoms with Gasteiger partial charge in [0, 0.05) is 40.6 Å². The Kier molecular flexibility index (Phi) is 5.20. The molecule has 0 fully saturated rings. The number of hydrogen-bond acceptors (Lipinski definition) is 3. The average Bonchev–Trinajstić information content (AvgIpc) is 3.01. The van der Waals surface area contributed by atoms with Crippen molar-refractivity contribution in [1.29, 1.82) is 0 Å². The lowest BCUT2D eigenvalue weighted by atomic mass is 10.1. The van der Waals surface area contributed by atoms with Crippen LogP contribution >= 0.6 is 0 Å². The number of benzene rings is 2. The van der Waals surface area contributed by atoms with Crippen LogP contribution in [0.1, 0.15) is 32.9 Å². The second-order valence-corrected chi connectivity index (χ2v) is 6.98. The van der Waals surface area contributed by atoms with Gasteiger partial charge >= 0.3 is 0 Å². The first kappa shape index (κ1) is 18.6. The van der Waals surface area contributed by atoms with E-state index in [4.69, 9.17) is 0 Å². The molecule has 0 saturated carbocycles. The second kappa shape index (κ2) is 8.10. The lowest BCUT2D eigenvalue weighted by Crippen LogP contribution is -2.17. The lowest BCUT2D eigenvalue weighted by Gasteiger charge is -2.08. The molecule has 4 rings (SSSR count). The summed E-state index contributed by atoms with van der Waals surface area (Å²) in [5.74, 6) is -0.278. The van der Waals surface area contributed by atoms with E-state index in [9.17, 15) is 4.79 Å². The van der Waals surface area contributed by atoms with Crippen LogP contribution in [-0.2, 0) is 6.54 Å². The third-order valence-corrected chi connectivity index (χ3v) is 5.00. The molecule has 29 heavy (non-hydrogen) atoms. The number of carbonyl (C=O) groups is 1. The van der Waals surface area contributed by atoms with E-state index in [1.54, 1.807) is 24.5 Å². The number of hydrazone groups is 1. The van der Waals surface area contributed by atoms with Gasteiger partial charge in [0.1, 0.15) is 0 Å². The molecule has 2 aromatic heterocycles. The molecule has 0 saturated heterocycles. The molecule has 4 aromatic rings. The van der Waals surface area contributed by atoms with E-state index < -0.39 is 0 Å². The van der Waals surface area contributed by atoms with Gasteiger partial charge in [-0.1, -0.05) is 48.5 Å². The highest BCUT2D eigenvalue weighted by Gasteiger charge is 2.13. The van der Waals surface area contributed by atoms with Gasteiger partial charge in [0.15, 0.2) is 0 Å². The summed E-state index contributed by atoms with van der Waals surface area (Å²) >= 11 is 0. The largest absolute Gasteiger partial charge is 0.340 e. The number of nitrogens with zero attached hydrogens (tertiary/aromatic N) is 3. The van der Waals surface area contributed by atoms with Crippen LogP contribution in [0.3, 0.4) is 0 Å². The van der Waals surface area contributed by atoms with Crippen LogP contribution in [0.4, 0.5) is 0 Å². The summed E-state index contributed by atoms with van der Waals surface area (Å²) in [5.41, 5.74) is 8.43. The molecule has 5 heteroatoms. The maximum Gasteiger partial charge on any atom is 0.272 e. The highest BCUT2D eigenvalue weighted by Crippen LogP contribution is 2.25. The number of fused-ring (bicyclic) bond motifs is 1. The molecule has 0 spiro atoms. The van der Waals surface area contributed by atoms with Gasteiger partial charge in [-0.3, -0.25) is 9.78 Å². The van der Waals surface area contributed by atoms with Crippen molar-refractivity contribution in [3.63, 3.8) is 0 Å². The van der Waals surface area contributed by atoms with Crippen LogP contribution in [0.5, 0.6) is 0 Å². The van der Waals surface area contributed by atoms with Crippen molar-refractivity contribution < 1.29 is 4.79 Å². The zero-order chi connectivity index (χ0) is 20.2. The van der Waals surface area contributed by atoms with E-state index in [0.29, 0.717) is 5.56 Å². The Morgan fingerprint density at radius 3 is 2.55 bits per heavy atom. The van der Waals surface area contributed by atoms with Gasteiger partial charge < -0.3 is 4.57 Å². The number of pyridine rings is 1. The van der Waals surface area contributed by atoms with Crippen LogP contribution < -0.4 is 5.43 Å². The second-order valence-electron chi connectivity index (χ2n) is 6.98. The van der Waals surface area contributed by atoms with Crippen molar-refractivity contribution in [3.8, 4) is 0 Å². The minimum absolute atomic E-state index is 0.278. The van der Waals surface area contributed by atoms with Gasteiger partial charge in [0.25, 0.3) is 5.91 Å². The fourth-order valence-corrected chi connectivity index (χ4v) is 3.41. The number of para-hydroxylation sites is 1. The number of aromatic nitrogens is 2. The molecule has 144 valence electrons. The fourth-order valence-electron chi connectivity index (χ4n) is 3.41. The summed E-state index contributed by atoms with van der Waals surface area (Å²) in [4.78, 5) is 16.4. The summed E-state index contributed by atoms with van der Waals surface area (Å²) in [5, 5.41) is 5.31. The number of hydrogen-bond donors (Lipinski definition) is 1. The first-order valence-electron chi connectivity index (χ1n) is 9.51. The Hall–Kier alpha value is -3.73. The molecule has 0 aliphatic heterocycles. The van der Waals surface area contributed by atoms with Crippen molar-refractivity contribution >= 4 is 23.0 Å². The minimum atomic E-state index is -0.278. The van der Waals surface area contributed by atoms with E-state index >= 15 is 0 Å². The Morgan fingerprint density at radius 2 is 1.79 bits per heavy atom. The molecule has 0 aliphatic carbocycles. The van der Waals surface area contributed by atoms with Gasteiger partial charge in [0.2, 0.25) is 0 Å². The van der Waals surface area contributed by atoms with Gasteiger partial charge in [-0.05, 0) is 37.6 Å². The Balaban J connectivity index is 1.62. The Labute approximate surface area is 169 Å². The monoisotopic (exact) mass is 382 g/mol. The predicted octanol–water partition coefficient (Wildman–Crippen LogP) is 4.47. The van der Waals surface area contributed by atoms with Gasteiger partial charge in [-0.25, -0.2) is 5.43 Å². The molecule has 0 aliphatic rings. The van der Waals surface area contributed by atoms with Crippen molar-refractivity contribution in [1.82, 2.24) is 15.0 Å². The third-order valence-electron chi connectivity index (χ3n) is 5.00. The molecular formula is C24H22N4O. The van der Waals surface area contributed by atoms with Crippen LogP contribution in [0.2, 0.25) is 0 Å². The Bertz CT molecular complexity index is 1170. The first-order valence-corrected chi connectivity index (χ1v) is 9.51. The van der Waals surface area contributed by atoms with Crippen LogP contribution in [-0.4, -0.2) is 21.7 Å². The summed E-state index contributed by atoms with van der Waals surface area (Å²) in [6.45, 7) is 4.74. The molecular weight excluding hydrogens is 360 g/mol. The molecule has 0 unspecified atom stereocenters. The van der Waals surface area contributed by atoms with E-state index in [1.807, 2.05) is 37.3 Å². The maximum atomic E-state index is 12.3. The number of carbonyl (C=O) groups excluding carboxylic acids is 1.